The fourth-order valence-corrected chi connectivity index (χ4v) is 2.40. The van der Waals surface area contributed by atoms with Gasteiger partial charge in [0.15, 0.2) is 0 Å². The fraction of sp³-hybridized carbons (Fsp3) is 0.375. The van der Waals surface area contributed by atoms with E-state index in [1.165, 1.54) is 0 Å². The van der Waals surface area contributed by atoms with Crippen LogP contribution in [0.3, 0.4) is 0 Å². The maximum absolute atomic E-state index is 12.6. The van der Waals surface area contributed by atoms with Crippen molar-refractivity contribution in [3.63, 3.8) is 0 Å². The Morgan fingerprint density at radius 3 is 2.40 bits per heavy atom. The van der Waals surface area contributed by atoms with Gasteiger partial charge in [-0.15, -0.1) is 0 Å². The number of carboxylic acids is 1. The first-order chi connectivity index (χ1) is 9.68. The molecule has 0 bridgehead atoms. The standard InChI is InChI=1S/C16H19NO3/c18-15(19)11-6-12-17(14-9-2-1-3-10-14)16(20)13-7-4-5-8-13/h1-5,9-10,13H,6-8,11-12H2,(H,18,19). The second-order valence-electron chi connectivity index (χ2n) is 4.96. The highest BCUT2D eigenvalue weighted by atomic mass is 16.4. The lowest BCUT2D eigenvalue weighted by molar-refractivity contribution is -0.137. The second kappa shape index (κ2) is 6.89. The largest absolute Gasteiger partial charge is 0.481 e. The summed E-state index contributed by atoms with van der Waals surface area (Å²) in [6, 6.07) is 9.46. The van der Waals surface area contributed by atoms with E-state index in [0.29, 0.717) is 13.0 Å². The van der Waals surface area contributed by atoms with Crippen molar-refractivity contribution >= 4 is 17.6 Å². The predicted octanol–water partition coefficient (Wildman–Crippen LogP) is 2.85. The first kappa shape index (κ1) is 14.3. The van der Waals surface area contributed by atoms with Gasteiger partial charge in [0.05, 0.1) is 0 Å². The summed E-state index contributed by atoms with van der Waals surface area (Å²) in [4.78, 5) is 24.9. The predicted molar refractivity (Wildman–Crippen MR) is 77.5 cm³/mol. The number of benzene rings is 1. The van der Waals surface area contributed by atoms with Crippen molar-refractivity contribution < 1.29 is 14.7 Å². The molecule has 0 unspecified atom stereocenters. The first-order valence-electron chi connectivity index (χ1n) is 6.91. The highest BCUT2D eigenvalue weighted by molar-refractivity contribution is 5.95. The summed E-state index contributed by atoms with van der Waals surface area (Å²) in [5, 5.41) is 8.73. The molecule has 0 aromatic heterocycles. The van der Waals surface area contributed by atoms with Crippen LogP contribution < -0.4 is 4.90 Å². The molecule has 1 N–H and O–H groups in total. The Labute approximate surface area is 118 Å². The Kier molecular flexibility index (Phi) is 4.93. The molecule has 0 fully saturated rings. The maximum atomic E-state index is 12.6. The van der Waals surface area contributed by atoms with Gasteiger partial charge in [0.25, 0.3) is 0 Å². The summed E-state index contributed by atoms with van der Waals surface area (Å²) in [7, 11) is 0. The smallest absolute Gasteiger partial charge is 0.303 e. The highest BCUT2D eigenvalue weighted by Crippen LogP contribution is 2.24. The van der Waals surface area contributed by atoms with Gasteiger partial charge in [-0.1, -0.05) is 30.4 Å². The van der Waals surface area contributed by atoms with E-state index in [4.69, 9.17) is 5.11 Å². The molecule has 1 amide bonds. The zero-order valence-electron chi connectivity index (χ0n) is 11.4. The number of anilines is 1. The van der Waals surface area contributed by atoms with Crippen LogP contribution in [0.1, 0.15) is 25.7 Å². The van der Waals surface area contributed by atoms with Gasteiger partial charge in [0, 0.05) is 24.6 Å². The molecule has 1 aromatic rings. The van der Waals surface area contributed by atoms with Gasteiger partial charge in [0.2, 0.25) is 5.91 Å². The third-order valence-corrected chi connectivity index (χ3v) is 3.46. The molecule has 0 saturated heterocycles. The van der Waals surface area contributed by atoms with Gasteiger partial charge in [-0.25, -0.2) is 0 Å². The van der Waals surface area contributed by atoms with Gasteiger partial charge >= 0.3 is 5.97 Å². The number of nitrogens with zero attached hydrogens (tertiary/aromatic N) is 1. The van der Waals surface area contributed by atoms with Crippen LogP contribution in [-0.4, -0.2) is 23.5 Å². The van der Waals surface area contributed by atoms with Crippen molar-refractivity contribution in [2.75, 3.05) is 11.4 Å². The normalized spacial score (nSPS) is 14.4. The summed E-state index contributed by atoms with van der Waals surface area (Å²) in [5.74, 6) is -0.736. The first-order valence-corrected chi connectivity index (χ1v) is 6.91. The summed E-state index contributed by atoms with van der Waals surface area (Å²) in [5.41, 5.74) is 0.842. The quantitative estimate of drug-likeness (QED) is 0.811. The van der Waals surface area contributed by atoms with Crippen LogP contribution in [0, 0.1) is 5.92 Å². The minimum atomic E-state index is -0.826. The molecule has 2 rings (SSSR count). The number of para-hydroxylation sites is 1. The zero-order valence-corrected chi connectivity index (χ0v) is 11.4. The van der Waals surface area contributed by atoms with Crippen molar-refractivity contribution in [1.29, 1.82) is 0 Å². The third-order valence-electron chi connectivity index (χ3n) is 3.46. The van der Waals surface area contributed by atoms with Crippen molar-refractivity contribution in [2.24, 2.45) is 5.92 Å². The molecule has 4 nitrogen and oxygen atoms in total. The Hall–Kier alpha value is -2.10. The van der Waals surface area contributed by atoms with Crippen molar-refractivity contribution in [1.82, 2.24) is 0 Å². The molecule has 1 aromatic carbocycles. The summed E-state index contributed by atoms with van der Waals surface area (Å²) < 4.78 is 0. The minimum absolute atomic E-state index is 0.0000317. The second-order valence-corrected chi connectivity index (χ2v) is 4.96. The van der Waals surface area contributed by atoms with Gasteiger partial charge in [-0.05, 0) is 31.4 Å². The molecular weight excluding hydrogens is 254 g/mol. The Morgan fingerprint density at radius 1 is 1.15 bits per heavy atom. The van der Waals surface area contributed by atoms with Crippen LogP contribution in [0.15, 0.2) is 42.5 Å². The lowest BCUT2D eigenvalue weighted by Crippen LogP contribution is -2.36. The Bertz CT molecular complexity index is 488. The van der Waals surface area contributed by atoms with E-state index in [0.717, 1.165) is 18.5 Å². The molecule has 106 valence electrons. The van der Waals surface area contributed by atoms with Gasteiger partial charge in [0.1, 0.15) is 0 Å². The van der Waals surface area contributed by atoms with Gasteiger partial charge in [-0.2, -0.15) is 0 Å². The minimum Gasteiger partial charge on any atom is -0.481 e. The molecule has 20 heavy (non-hydrogen) atoms. The number of rotatable bonds is 6. The van der Waals surface area contributed by atoms with Crippen LogP contribution in [-0.2, 0) is 9.59 Å². The SMILES string of the molecule is O=C(O)CCCN(C(=O)C1CC=CC1)c1ccccc1. The van der Waals surface area contributed by atoms with Crippen molar-refractivity contribution in [3.8, 4) is 0 Å². The number of carbonyl (C=O) groups excluding carboxylic acids is 1. The number of hydrogen-bond donors (Lipinski definition) is 1. The molecule has 0 spiro atoms. The molecular formula is C16H19NO3. The molecule has 1 aliphatic carbocycles. The van der Waals surface area contributed by atoms with E-state index in [1.807, 2.05) is 42.5 Å². The van der Waals surface area contributed by atoms with E-state index in [-0.39, 0.29) is 18.2 Å². The Balaban J connectivity index is 2.07. The average Bonchev–Trinajstić information content (AvgIpc) is 2.98. The lowest BCUT2D eigenvalue weighted by atomic mass is 10.0. The highest BCUT2D eigenvalue weighted by Gasteiger charge is 2.25. The number of hydrogen-bond acceptors (Lipinski definition) is 2. The number of carboxylic acid groups (broad SMARTS) is 1. The zero-order chi connectivity index (χ0) is 14.4. The van der Waals surface area contributed by atoms with Crippen LogP contribution >= 0.6 is 0 Å². The van der Waals surface area contributed by atoms with Crippen LogP contribution in [0.25, 0.3) is 0 Å². The van der Waals surface area contributed by atoms with Crippen molar-refractivity contribution in [2.45, 2.75) is 25.7 Å². The Morgan fingerprint density at radius 2 is 1.80 bits per heavy atom. The van der Waals surface area contributed by atoms with E-state index in [1.54, 1.807) is 4.90 Å². The van der Waals surface area contributed by atoms with Gasteiger partial charge in [-0.3, -0.25) is 9.59 Å². The molecule has 0 aliphatic heterocycles. The molecule has 4 heteroatoms. The van der Waals surface area contributed by atoms with E-state index < -0.39 is 5.97 Å². The van der Waals surface area contributed by atoms with Crippen LogP contribution in [0.4, 0.5) is 5.69 Å². The monoisotopic (exact) mass is 273 g/mol. The van der Waals surface area contributed by atoms with Crippen LogP contribution in [0.2, 0.25) is 0 Å². The van der Waals surface area contributed by atoms with E-state index in [9.17, 15) is 9.59 Å². The number of allylic oxidation sites excluding steroid dienone is 2. The summed E-state index contributed by atoms with van der Waals surface area (Å²) in [6.45, 7) is 0.450. The number of amides is 1. The summed E-state index contributed by atoms with van der Waals surface area (Å²) >= 11 is 0. The molecule has 0 saturated carbocycles. The van der Waals surface area contributed by atoms with Crippen molar-refractivity contribution in [3.05, 3.63) is 42.5 Å². The average molecular weight is 273 g/mol. The molecule has 0 radical (unpaired) electrons. The third kappa shape index (κ3) is 3.70. The number of carbonyl (C=O) groups is 2. The lowest BCUT2D eigenvalue weighted by Gasteiger charge is -2.25. The fourth-order valence-electron chi connectivity index (χ4n) is 2.40. The maximum Gasteiger partial charge on any atom is 0.303 e. The molecule has 1 aliphatic rings. The van der Waals surface area contributed by atoms with Gasteiger partial charge < -0.3 is 10.0 Å². The summed E-state index contributed by atoms with van der Waals surface area (Å²) in [6.07, 6.45) is 6.17. The topological polar surface area (TPSA) is 57.6 Å². The molecule has 0 heterocycles. The van der Waals surface area contributed by atoms with Crippen LogP contribution in [0.5, 0.6) is 0 Å². The number of aliphatic carboxylic acids is 1. The van der Waals surface area contributed by atoms with E-state index >= 15 is 0 Å². The molecule has 0 atom stereocenters. The van der Waals surface area contributed by atoms with E-state index in [2.05, 4.69) is 0 Å².